The average Bonchev–Trinajstić information content (AvgIpc) is 3.30. The molecule has 1 aliphatic carbocycles. The van der Waals surface area contributed by atoms with Gasteiger partial charge in [0.2, 0.25) is 0 Å². The maximum absolute atomic E-state index is 12.4. The Bertz CT molecular complexity index is 667. The second-order valence-corrected chi connectivity index (χ2v) is 5.97. The fraction of sp³-hybridized carbons (Fsp3) is 0.375. The first-order chi connectivity index (χ1) is 10.5. The van der Waals surface area contributed by atoms with E-state index < -0.39 is 12.0 Å². The van der Waals surface area contributed by atoms with Crippen LogP contribution in [-0.2, 0) is 9.53 Å². The van der Waals surface area contributed by atoms with Gasteiger partial charge in [0.25, 0.3) is 0 Å². The molecule has 0 radical (unpaired) electrons. The molecular weight excluding hydrogens is 304 g/mol. The van der Waals surface area contributed by atoms with Gasteiger partial charge in [0.05, 0.1) is 18.7 Å². The average molecular weight is 321 g/mol. The lowest BCUT2D eigenvalue weighted by molar-refractivity contribution is -0.136. The number of benzene rings is 1. The smallest absolute Gasteiger partial charge is 0.337 e. The summed E-state index contributed by atoms with van der Waals surface area (Å²) >= 11 is 6.03. The molecule has 1 aromatic carbocycles. The van der Waals surface area contributed by atoms with Crippen LogP contribution in [0.2, 0.25) is 5.02 Å². The summed E-state index contributed by atoms with van der Waals surface area (Å²) in [5.41, 5.74) is 1.87. The number of hydrogen-bond acceptors (Lipinski definition) is 3. The molecule has 5 nitrogen and oxygen atoms in total. The van der Waals surface area contributed by atoms with E-state index in [0.29, 0.717) is 16.3 Å². The second-order valence-electron chi connectivity index (χ2n) is 5.53. The van der Waals surface area contributed by atoms with Crippen molar-refractivity contribution in [1.29, 1.82) is 0 Å². The number of nitrogens with zero attached hydrogens (tertiary/aromatic N) is 1. The van der Waals surface area contributed by atoms with E-state index in [1.807, 2.05) is 6.07 Å². The summed E-state index contributed by atoms with van der Waals surface area (Å²) in [5, 5.41) is 3.45. The minimum absolute atomic E-state index is 0.181. The molecule has 2 amide bonds. The van der Waals surface area contributed by atoms with Crippen LogP contribution in [-0.4, -0.2) is 30.1 Å². The summed E-state index contributed by atoms with van der Waals surface area (Å²) in [6, 6.07) is 6.57. The molecular formula is C16H17ClN2O3. The molecule has 1 fully saturated rings. The minimum Gasteiger partial charge on any atom is -0.466 e. The molecule has 22 heavy (non-hydrogen) atoms. The third kappa shape index (κ3) is 2.57. The zero-order valence-corrected chi connectivity index (χ0v) is 13.2. The van der Waals surface area contributed by atoms with Gasteiger partial charge in [0, 0.05) is 16.8 Å². The molecule has 0 bridgehead atoms. The Kier molecular flexibility index (Phi) is 3.83. The molecule has 1 N–H and O–H groups in total. The summed E-state index contributed by atoms with van der Waals surface area (Å²) in [6.45, 7) is 1.79. The Labute approximate surface area is 133 Å². The maximum atomic E-state index is 12.4. The lowest BCUT2D eigenvalue weighted by Gasteiger charge is -2.35. The van der Waals surface area contributed by atoms with E-state index in [9.17, 15) is 9.59 Å². The number of urea groups is 1. The van der Waals surface area contributed by atoms with E-state index >= 15 is 0 Å². The van der Waals surface area contributed by atoms with Gasteiger partial charge in [-0.15, -0.1) is 0 Å². The monoisotopic (exact) mass is 320 g/mol. The van der Waals surface area contributed by atoms with Crippen molar-refractivity contribution in [3.05, 3.63) is 46.1 Å². The highest BCUT2D eigenvalue weighted by Crippen LogP contribution is 2.38. The Balaban J connectivity index is 2.08. The fourth-order valence-electron chi connectivity index (χ4n) is 2.84. The number of carbonyl (C=O) groups is 2. The highest BCUT2D eigenvalue weighted by atomic mass is 35.5. The number of rotatable bonds is 3. The molecule has 0 unspecified atom stereocenters. The van der Waals surface area contributed by atoms with Crippen molar-refractivity contribution in [3.63, 3.8) is 0 Å². The summed E-state index contributed by atoms with van der Waals surface area (Å²) in [6.07, 6.45) is 1.92. The maximum Gasteiger partial charge on any atom is 0.337 e. The standard InChI is InChI=1S/C16H17ClN2O3/c1-9-13(15(20)22-2)14(10-4-3-5-11(17)8-10)18-16(21)19(9)12-6-7-12/h3-5,8,12,14H,6-7H2,1-2H3,(H,18,21)/t14-/m1/s1. The van der Waals surface area contributed by atoms with E-state index in [-0.39, 0.29) is 12.1 Å². The number of nitrogens with one attached hydrogen (secondary N) is 1. The summed E-state index contributed by atoms with van der Waals surface area (Å²) in [5.74, 6) is -0.437. The molecule has 1 saturated carbocycles. The number of carbonyl (C=O) groups excluding carboxylic acids is 2. The van der Waals surface area contributed by atoms with Crippen molar-refractivity contribution in [2.45, 2.75) is 31.8 Å². The lowest BCUT2D eigenvalue weighted by atomic mass is 9.95. The van der Waals surface area contributed by atoms with Crippen molar-refractivity contribution >= 4 is 23.6 Å². The molecule has 116 valence electrons. The third-order valence-corrected chi connectivity index (χ3v) is 4.26. The number of allylic oxidation sites excluding steroid dienone is 1. The number of methoxy groups -OCH3 is 1. The molecule has 0 saturated heterocycles. The van der Waals surface area contributed by atoms with E-state index in [1.165, 1.54) is 7.11 Å². The Morgan fingerprint density at radius 3 is 2.73 bits per heavy atom. The topological polar surface area (TPSA) is 58.6 Å². The molecule has 1 heterocycles. The van der Waals surface area contributed by atoms with Gasteiger partial charge < -0.3 is 10.1 Å². The van der Waals surface area contributed by atoms with Crippen LogP contribution in [0.4, 0.5) is 4.79 Å². The summed E-state index contributed by atoms with van der Waals surface area (Å²) in [4.78, 5) is 26.3. The van der Waals surface area contributed by atoms with Crippen LogP contribution in [0, 0.1) is 0 Å². The quantitative estimate of drug-likeness (QED) is 0.871. The molecule has 1 atom stereocenters. The van der Waals surface area contributed by atoms with Crippen molar-refractivity contribution in [3.8, 4) is 0 Å². The van der Waals surface area contributed by atoms with Crippen molar-refractivity contribution < 1.29 is 14.3 Å². The van der Waals surface area contributed by atoms with Crippen LogP contribution < -0.4 is 5.32 Å². The molecule has 6 heteroatoms. The predicted octanol–water partition coefficient (Wildman–Crippen LogP) is 3.02. The Morgan fingerprint density at radius 1 is 1.41 bits per heavy atom. The normalized spacial score (nSPS) is 21.7. The third-order valence-electron chi connectivity index (χ3n) is 4.03. The van der Waals surface area contributed by atoms with Crippen molar-refractivity contribution in [1.82, 2.24) is 10.2 Å². The summed E-state index contributed by atoms with van der Waals surface area (Å²) in [7, 11) is 1.34. The number of esters is 1. The van der Waals surface area contributed by atoms with Crippen LogP contribution >= 0.6 is 11.6 Å². The van der Waals surface area contributed by atoms with Crippen LogP contribution in [0.15, 0.2) is 35.5 Å². The van der Waals surface area contributed by atoms with Gasteiger partial charge in [-0.2, -0.15) is 0 Å². The molecule has 3 rings (SSSR count). The van der Waals surface area contributed by atoms with Crippen molar-refractivity contribution in [2.24, 2.45) is 0 Å². The molecule has 0 spiro atoms. The van der Waals surface area contributed by atoms with Gasteiger partial charge >= 0.3 is 12.0 Å². The largest absolute Gasteiger partial charge is 0.466 e. The Hall–Kier alpha value is -2.01. The van der Waals surface area contributed by atoms with E-state index in [1.54, 1.807) is 30.0 Å². The van der Waals surface area contributed by atoms with Crippen LogP contribution in [0.3, 0.4) is 0 Å². The molecule has 0 aromatic heterocycles. The fourth-order valence-corrected chi connectivity index (χ4v) is 3.04. The first-order valence-electron chi connectivity index (χ1n) is 7.17. The van der Waals surface area contributed by atoms with Crippen molar-refractivity contribution in [2.75, 3.05) is 7.11 Å². The van der Waals surface area contributed by atoms with E-state index in [4.69, 9.17) is 16.3 Å². The van der Waals surface area contributed by atoms with Gasteiger partial charge in [0.1, 0.15) is 0 Å². The van der Waals surface area contributed by atoms with Gasteiger partial charge in [-0.1, -0.05) is 23.7 Å². The highest BCUT2D eigenvalue weighted by molar-refractivity contribution is 6.30. The van der Waals surface area contributed by atoms with Crippen LogP contribution in [0.1, 0.15) is 31.4 Å². The Morgan fingerprint density at radius 2 is 2.14 bits per heavy atom. The SMILES string of the molecule is COC(=O)C1=C(C)N(C2CC2)C(=O)N[C@@H]1c1cccc(Cl)c1. The second kappa shape index (κ2) is 5.65. The van der Waals surface area contributed by atoms with Crippen LogP contribution in [0.25, 0.3) is 0 Å². The molecule has 1 aromatic rings. The highest BCUT2D eigenvalue weighted by Gasteiger charge is 2.42. The number of halogens is 1. The first-order valence-corrected chi connectivity index (χ1v) is 7.55. The van der Waals surface area contributed by atoms with Gasteiger partial charge in [0.15, 0.2) is 0 Å². The first kappa shape index (κ1) is 14.9. The lowest BCUT2D eigenvalue weighted by Crippen LogP contribution is -2.48. The van der Waals surface area contributed by atoms with Gasteiger partial charge in [-0.3, -0.25) is 4.90 Å². The van der Waals surface area contributed by atoms with Crippen LogP contribution in [0.5, 0.6) is 0 Å². The number of hydrogen-bond donors (Lipinski definition) is 1. The number of amides is 2. The zero-order valence-electron chi connectivity index (χ0n) is 12.4. The van der Waals surface area contributed by atoms with Gasteiger partial charge in [-0.25, -0.2) is 9.59 Å². The zero-order chi connectivity index (χ0) is 15.9. The predicted molar refractivity (Wildman–Crippen MR) is 82.3 cm³/mol. The number of ether oxygens (including phenoxy) is 1. The molecule has 2 aliphatic rings. The van der Waals surface area contributed by atoms with E-state index in [2.05, 4.69) is 5.32 Å². The summed E-state index contributed by atoms with van der Waals surface area (Å²) < 4.78 is 4.92. The van der Waals surface area contributed by atoms with E-state index in [0.717, 1.165) is 18.4 Å². The molecule has 1 aliphatic heterocycles. The minimum atomic E-state index is -0.548. The van der Waals surface area contributed by atoms with Gasteiger partial charge in [-0.05, 0) is 37.5 Å².